The fourth-order valence-electron chi connectivity index (χ4n) is 3.94. The molecule has 0 radical (unpaired) electrons. The molecule has 1 aliphatic carbocycles. The van der Waals surface area contributed by atoms with Gasteiger partial charge in [0.15, 0.2) is 0 Å². The molecule has 1 unspecified atom stereocenters. The van der Waals surface area contributed by atoms with Crippen LogP contribution in [0.1, 0.15) is 66.2 Å². The van der Waals surface area contributed by atoms with Crippen molar-refractivity contribution in [3.05, 3.63) is 64.7 Å². The summed E-state index contributed by atoms with van der Waals surface area (Å²) in [4.78, 5) is 26.1. The van der Waals surface area contributed by atoms with Crippen molar-refractivity contribution in [2.45, 2.75) is 58.2 Å². The monoisotopic (exact) mass is 392 g/mol. The minimum Gasteiger partial charge on any atom is -0.490 e. The lowest BCUT2D eigenvalue weighted by molar-refractivity contribution is -0.119. The minimum atomic E-state index is -0.0314. The van der Waals surface area contributed by atoms with Crippen LogP contribution < -0.4 is 10.1 Å². The van der Waals surface area contributed by atoms with Gasteiger partial charge >= 0.3 is 0 Å². The van der Waals surface area contributed by atoms with E-state index < -0.39 is 0 Å². The lowest BCUT2D eigenvalue weighted by Crippen LogP contribution is -2.36. The van der Waals surface area contributed by atoms with E-state index in [9.17, 15) is 9.59 Å². The number of carbonyl (C=O) groups is 2. The van der Waals surface area contributed by atoms with Crippen LogP contribution in [0.3, 0.4) is 0 Å². The van der Waals surface area contributed by atoms with Gasteiger partial charge in [-0.1, -0.05) is 18.2 Å². The van der Waals surface area contributed by atoms with Crippen molar-refractivity contribution in [1.82, 2.24) is 10.2 Å². The Hall–Kier alpha value is -2.82. The molecule has 1 N–H and O–H groups in total. The molecule has 0 saturated heterocycles. The van der Waals surface area contributed by atoms with Gasteiger partial charge in [0.05, 0.1) is 12.1 Å². The molecule has 0 aromatic heterocycles. The highest BCUT2D eigenvalue weighted by Crippen LogP contribution is 2.27. The first kappa shape index (κ1) is 19.5. The van der Waals surface area contributed by atoms with E-state index in [-0.39, 0.29) is 17.9 Å². The zero-order valence-corrected chi connectivity index (χ0v) is 17.1. The number of ether oxygens (including phenoxy) is 1. The molecule has 2 aromatic rings. The number of hydrogen-bond acceptors (Lipinski definition) is 3. The molecule has 5 nitrogen and oxygen atoms in total. The van der Waals surface area contributed by atoms with E-state index in [1.165, 1.54) is 24.5 Å². The summed E-state index contributed by atoms with van der Waals surface area (Å²) in [6.45, 7) is 4.83. The molecule has 1 saturated carbocycles. The van der Waals surface area contributed by atoms with Gasteiger partial charge in [-0.3, -0.25) is 9.59 Å². The van der Waals surface area contributed by atoms with Crippen LogP contribution in [0.15, 0.2) is 42.5 Å². The van der Waals surface area contributed by atoms with Crippen LogP contribution in [-0.4, -0.2) is 29.4 Å². The fraction of sp³-hybridized carbons (Fsp3) is 0.417. The van der Waals surface area contributed by atoms with Crippen molar-refractivity contribution in [2.24, 2.45) is 0 Å². The Morgan fingerprint density at radius 1 is 1.10 bits per heavy atom. The Labute approximate surface area is 172 Å². The van der Waals surface area contributed by atoms with Crippen molar-refractivity contribution in [1.29, 1.82) is 0 Å². The van der Waals surface area contributed by atoms with E-state index in [1.54, 1.807) is 0 Å². The second-order valence-corrected chi connectivity index (χ2v) is 8.12. The molecule has 0 spiro atoms. The number of nitrogens with zero attached hydrogens (tertiary/aromatic N) is 1. The highest BCUT2D eigenvalue weighted by molar-refractivity contribution is 5.94. The number of carbonyl (C=O) groups excluding carboxylic acids is 2. The predicted octanol–water partition coefficient (Wildman–Crippen LogP) is 4.01. The number of hydrogen-bond donors (Lipinski definition) is 1. The van der Waals surface area contributed by atoms with Crippen molar-refractivity contribution < 1.29 is 14.3 Å². The van der Waals surface area contributed by atoms with Crippen LogP contribution in [0.25, 0.3) is 0 Å². The first-order valence-corrected chi connectivity index (χ1v) is 10.4. The van der Waals surface area contributed by atoms with Gasteiger partial charge in [-0.05, 0) is 73.6 Å². The van der Waals surface area contributed by atoms with Crippen molar-refractivity contribution in [3.63, 3.8) is 0 Å². The number of nitrogens with one attached hydrogen (secondary N) is 1. The molecular formula is C24H28N2O3. The topological polar surface area (TPSA) is 58.6 Å². The quantitative estimate of drug-likeness (QED) is 0.836. The Morgan fingerprint density at radius 3 is 2.52 bits per heavy atom. The number of fused-ring (bicyclic) bond motifs is 1. The maximum absolute atomic E-state index is 12.9. The number of benzene rings is 2. The van der Waals surface area contributed by atoms with Crippen LogP contribution in [0.5, 0.6) is 5.75 Å². The van der Waals surface area contributed by atoms with Crippen LogP contribution in [-0.2, 0) is 17.8 Å². The molecule has 5 heteroatoms. The average molecular weight is 392 g/mol. The minimum absolute atomic E-state index is 0.0156. The molecule has 2 amide bonds. The van der Waals surface area contributed by atoms with Crippen molar-refractivity contribution in [2.75, 3.05) is 6.54 Å². The second-order valence-electron chi connectivity index (χ2n) is 8.12. The summed E-state index contributed by atoms with van der Waals surface area (Å²) < 4.78 is 5.88. The standard InChI is InChI=1S/C24H28N2O3/c1-16(25-17(2)27)19-6-7-21-15-26(13-12-20(21)14-19)24(28)18-8-10-23(11-9-18)29-22-4-3-5-22/h6-11,14,16,22H,3-5,12-13,15H2,1-2H3,(H,25,27). The average Bonchev–Trinajstić information content (AvgIpc) is 2.69. The van der Waals surface area contributed by atoms with E-state index in [2.05, 4.69) is 17.4 Å². The SMILES string of the molecule is CC(=O)NC(C)c1ccc2c(c1)CCN(C(=O)c1ccc(OC3CCC3)cc1)C2. The van der Waals surface area contributed by atoms with Gasteiger partial charge in [-0.2, -0.15) is 0 Å². The van der Waals surface area contributed by atoms with E-state index in [0.717, 1.165) is 30.6 Å². The molecule has 29 heavy (non-hydrogen) atoms. The Morgan fingerprint density at radius 2 is 1.86 bits per heavy atom. The predicted molar refractivity (Wildman–Crippen MR) is 112 cm³/mol. The number of rotatable bonds is 5. The lowest BCUT2D eigenvalue weighted by atomic mass is 9.94. The molecule has 2 aliphatic rings. The van der Waals surface area contributed by atoms with Crippen LogP contribution in [0, 0.1) is 0 Å². The first-order valence-electron chi connectivity index (χ1n) is 10.4. The maximum Gasteiger partial charge on any atom is 0.254 e. The Balaban J connectivity index is 1.41. The van der Waals surface area contributed by atoms with E-state index in [1.807, 2.05) is 42.2 Å². The van der Waals surface area contributed by atoms with E-state index >= 15 is 0 Å². The molecule has 152 valence electrons. The van der Waals surface area contributed by atoms with Crippen LogP contribution in [0.4, 0.5) is 0 Å². The number of amides is 2. The van der Waals surface area contributed by atoms with Gasteiger partial charge in [-0.15, -0.1) is 0 Å². The molecule has 4 rings (SSSR count). The lowest BCUT2D eigenvalue weighted by Gasteiger charge is -2.30. The molecule has 0 bridgehead atoms. The van der Waals surface area contributed by atoms with E-state index in [4.69, 9.17) is 4.74 Å². The maximum atomic E-state index is 12.9. The molecule has 1 aliphatic heterocycles. The summed E-state index contributed by atoms with van der Waals surface area (Å²) in [6.07, 6.45) is 4.65. The molecular weight excluding hydrogens is 364 g/mol. The molecule has 2 aromatic carbocycles. The third-order valence-corrected chi connectivity index (χ3v) is 5.91. The summed E-state index contributed by atoms with van der Waals surface area (Å²) in [7, 11) is 0. The molecule has 1 fully saturated rings. The zero-order chi connectivity index (χ0) is 20.4. The van der Waals surface area contributed by atoms with Crippen LogP contribution >= 0.6 is 0 Å². The Kier molecular flexibility index (Phi) is 5.56. The third-order valence-electron chi connectivity index (χ3n) is 5.91. The molecule has 1 heterocycles. The van der Waals surface area contributed by atoms with Gasteiger partial charge in [0.25, 0.3) is 5.91 Å². The molecule has 1 atom stereocenters. The summed E-state index contributed by atoms with van der Waals surface area (Å²) in [5.41, 5.74) is 4.23. The fourth-order valence-corrected chi connectivity index (χ4v) is 3.94. The van der Waals surface area contributed by atoms with Gasteiger partial charge in [0.2, 0.25) is 5.91 Å². The van der Waals surface area contributed by atoms with Crippen LogP contribution in [0.2, 0.25) is 0 Å². The van der Waals surface area contributed by atoms with E-state index in [0.29, 0.717) is 24.8 Å². The summed E-state index contributed by atoms with van der Waals surface area (Å²) in [5.74, 6) is 0.869. The van der Waals surface area contributed by atoms with Gasteiger partial charge in [0.1, 0.15) is 5.75 Å². The third kappa shape index (κ3) is 4.44. The normalized spacial score (nSPS) is 17.1. The van der Waals surface area contributed by atoms with Crippen molar-refractivity contribution >= 4 is 11.8 Å². The second kappa shape index (κ2) is 8.27. The first-order chi connectivity index (χ1) is 14.0. The largest absolute Gasteiger partial charge is 0.490 e. The smallest absolute Gasteiger partial charge is 0.254 e. The Bertz CT molecular complexity index is 903. The van der Waals surface area contributed by atoms with Gasteiger partial charge < -0.3 is 15.0 Å². The van der Waals surface area contributed by atoms with Gasteiger partial charge in [-0.25, -0.2) is 0 Å². The highest BCUT2D eigenvalue weighted by atomic mass is 16.5. The zero-order valence-electron chi connectivity index (χ0n) is 17.1. The highest BCUT2D eigenvalue weighted by Gasteiger charge is 2.23. The van der Waals surface area contributed by atoms with Gasteiger partial charge in [0, 0.05) is 25.6 Å². The summed E-state index contributed by atoms with van der Waals surface area (Å²) >= 11 is 0. The summed E-state index contributed by atoms with van der Waals surface area (Å²) in [6, 6.07) is 13.8. The van der Waals surface area contributed by atoms with Crippen molar-refractivity contribution in [3.8, 4) is 5.75 Å². The summed E-state index contributed by atoms with van der Waals surface area (Å²) in [5, 5.41) is 2.92.